The SMILES string of the molecule is Cc1ccc(S(=O)(=O)N2C[C@@H](c3ccc([N+](=O)[O-])cc3)[C@H](C(=O)OC(C)(C)C)[C@@](C)(O)C2)cc1. The second-order valence-corrected chi connectivity index (χ2v) is 11.9. The summed E-state index contributed by atoms with van der Waals surface area (Å²) in [5.41, 5.74) is -1.32. The van der Waals surface area contributed by atoms with Crippen LogP contribution >= 0.6 is 0 Å². The lowest BCUT2D eigenvalue weighted by atomic mass is 9.73. The maximum absolute atomic E-state index is 13.4. The van der Waals surface area contributed by atoms with Crippen LogP contribution in [0.2, 0.25) is 0 Å². The quantitative estimate of drug-likeness (QED) is 0.387. The number of aryl methyl sites for hydroxylation is 1. The van der Waals surface area contributed by atoms with Gasteiger partial charge in [0.05, 0.1) is 21.3 Å². The number of nitrogens with zero attached hydrogens (tertiary/aromatic N) is 2. The van der Waals surface area contributed by atoms with Crippen LogP contribution in [0.4, 0.5) is 5.69 Å². The highest BCUT2D eigenvalue weighted by Gasteiger charge is 2.52. The summed E-state index contributed by atoms with van der Waals surface area (Å²) in [6.07, 6.45) is 0. The number of benzene rings is 2. The van der Waals surface area contributed by atoms with Crippen LogP contribution in [0, 0.1) is 23.0 Å². The average molecular weight is 491 g/mol. The van der Waals surface area contributed by atoms with Gasteiger partial charge in [0.1, 0.15) is 5.60 Å². The maximum atomic E-state index is 13.4. The van der Waals surface area contributed by atoms with Crippen molar-refractivity contribution in [1.29, 1.82) is 0 Å². The van der Waals surface area contributed by atoms with E-state index >= 15 is 0 Å². The van der Waals surface area contributed by atoms with Crippen LogP contribution in [0.15, 0.2) is 53.4 Å². The summed E-state index contributed by atoms with van der Waals surface area (Å²) in [6, 6.07) is 11.9. The molecule has 1 aliphatic rings. The van der Waals surface area contributed by atoms with E-state index < -0.39 is 44.0 Å². The molecule has 0 saturated carbocycles. The van der Waals surface area contributed by atoms with Gasteiger partial charge < -0.3 is 9.84 Å². The summed E-state index contributed by atoms with van der Waals surface area (Å²) in [6.45, 7) is 7.96. The van der Waals surface area contributed by atoms with Crippen molar-refractivity contribution in [2.24, 2.45) is 5.92 Å². The van der Waals surface area contributed by atoms with Crippen molar-refractivity contribution in [3.63, 3.8) is 0 Å². The summed E-state index contributed by atoms with van der Waals surface area (Å²) in [7, 11) is -3.98. The lowest BCUT2D eigenvalue weighted by Gasteiger charge is -2.46. The Morgan fingerprint density at radius 1 is 1.15 bits per heavy atom. The van der Waals surface area contributed by atoms with Crippen molar-refractivity contribution in [3.8, 4) is 0 Å². The van der Waals surface area contributed by atoms with Gasteiger partial charge in [-0.3, -0.25) is 14.9 Å². The molecule has 1 fully saturated rings. The Morgan fingerprint density at radius 3 is 2.21 bits per heavy atom. The van der Waals surface area contributed by atoms with Crippen LogP contribution in [0.1, 0.15) is 44.7 Å². The largest absolute Gasteiger partial charge is 0.460 e. The molecule has 1 heterocycles. The highest BCUT2D eigenvalue weighted by molar-refractivity contribution is 7.89. The first-order valence-electron chi connectivity index (χ1n) is 10.9. The van der Waals surface area contributed by atoms with Crippen LogP contribution in [0.3, 0.4) is 0 Å². The van der Waals surface area contributed by atoms with E-state index in [2.05, 4.69) is 0 Å². The van der Waals surface area contributed by atoms with Crippen molar-refractivity contribution < 1.29 is 28.0 Å². The molecule has 2 aromatic carbocycles. The van der Waals surface area contributed by atoms with Gasteiger partial charge in [-0.15, -0.1) is 0 Å². The number of esters is 1. The second kappa shape index (κ2) is 9.09. The molecule has 184 valence electrons. The third kappa shape index (κ3) is 5.45. The monoisotopic (exact) mass is 490 g/mol. The molecule has 1 saturated heterocycles. The van der Waals surface area contributed by atoms with E-state index in [1.807, 2.05) is 6.92 Å². The zero-order chi connectivity index (χ0) is 25.5. The Balaban J connectivity index is 2.07. The molecule has 0 unspecified atom stereocenters. The average Bonchev–Trinajstić information content (AvgIpc) is 2.71. The zero-order valence-corrected chi connectivity index (χ0v) is 20.7. The third-order valence-corrected chi connectivity index (χ3v) is 7.65. The van der Waals surface area contributed by atoms with E-state index in [4.69, 9.17) is 4.74 Å². The summed E-state index contributed by atoms with van der Waals surface area (Å²) in [4.78, 5) is 23.8. The second-order valence-electron chi connectivity index (χ2n) is 9.93. The van der Waals surface area contributed by atoms with Crippen molar-refractivity contribution in [1.82, 2.24) is 4.31 Å². The summed E-state index contributed by atoms with van der Waals surface area (Å²) < 4.78 is 33.6. The number of non-ortho nitro benzene ring substituents is 1. The molecule has 1 aliphatic heterocycles. The van der Waals surface area contributed by atoms with Crippen molar-refractivity contribution in [2.45, 2.75) is 56.6 Å². The number of hydrogen-bond acceptors (Lipinski definition) is 7. The first-order chi connectivity index (χ1) is 15.6. The Labute approximate surface area is 199 Å². The first kappa shape index (κ1) is 25.8. The topological polar surface area (TPSA) is 127 Å². The number of β-amino-alcohol motifs (C(OH)–C–C–N with tert-alkyl or cyclic N) is 1. The molecule has 0 bridgehead atoms. The zero-order valence-electron chi connectivity index (χ0n) is 19.9. The van der Waals surface area contributed by atoms with E-state index in [0.717, 1.165) is 9.87 Å². The van der Waals surface area contributed by atoms with Crippen molar-refractivity contribution in [3.05, 3.63) is 69.8 Å². The van der Waals surface area contributed by atoms with Gasteiger partial charge in [-0.05, 0) is 52.3 Å². The van der Waals surface area contributed by atoms with E-state index in [1.54, 1.807) is 32.9 Å². The number of nitro groups is 1. The summed E-state index contributed by atoms with van der Waals surface area (Å²) in [5, 5.41) is 22.5. The van der Waals surface area contributed by atoms with Gasteiger partial charge in [0.25, 0.3) is 5.69 Å². The van der Waals surface area contributed by atoms with Crippen molar-refractivity contribution in [2.75, 3.05) is 13.1 Å². The molecular weight excluding hydrogens is 460 g/mol. The fourth-order valence-electron chi connectivity index (χ4n) is 4.25. The number of rotatable bonds is 5. The normalized spacial score (nSPS) is 23.9. The number of piperidine rings is 1. The number of nitro benzene ring substituents is 1. The van der Waals surface area contributed by atoms with Crippen LogP contribution in [-0.2, 0) is 19.6 Å². The molecule has 2 aromatic rings. The fourth-order valence-corrected chi connectivity index (χ4v) is 5.81. The van der Waals surface area contributed by atoms with Gasteiger partial charge in [-0.25, -0.2) is 8.42 Å². The maximum Gasteiger partial charge on any atom is 0.313 e. The number of carbonyl (C=O) groups excluding carboxylic acids is 1. The van der Waals surface area contributed by atoms with E-state index in [1.165, 1.54) is 43.3 Å². The van der Waals surface area contributed by atoms with Crippen LogP contribution in [0.25, 0.3) is 0 Å². The highest BCUT2D eigenvalue weighted by Crippen LogP contribution is 2.42. The van der Waals surface area contributed by atoms with Crippen LogP contribution in [0.5, 0.6) is 0 Å². The lowest BCUT2D eigenvalue weighted by Crippen LogP contribution is -2.59. The summed E-state index contributed by atoms with van der Waals surface area (Å²) in [5.74, 6) is -2.54. The predicted octanol–water partition coefficient (Wildman–Crippen LogP) is 3.40. The van der Waals surface area contributed by atoms with Crippen LogP contribution < -0.4 is 0 Å². The lowest BCUT2D eigenvalue weighted by molar-refractivity contribution is -0.384. The van der Waals surface area contributed by atoms with E-state index in [0.29, 0.717) is 5.56 Å². The molecule has 10 heteroatoms. The minimum atomic E-state index is -3.98. The number of ether oxygens (including phenoxy) is 1. The van der Waals surface area contributed by atoms with Gasteiger partial charge in [-0.2, -0.15) is 4.31 Å². The molecule has 0 radical (unpaired) electrons. The highest BCUT2D eigenvalue weighted by atomic mass is 32.2. The molecule has 0 amide bonds. The van der Waals surface area contributed by atoms with Gasteiger partial charge in [0.2, 0.25) is 10.0 Å². The number of carbonyl (C=O) groups is 1. The van der Waals surface area contributed by atoms with Gasteiger partial charge >= 0.3 is 5.97 Å². The van der Waals surface area contributed by atoms with E-state index in [9.17, 15) is 28.4 Å². The van der Waals surface area contributed by atoms with Gasteiger partial charge in [0, 0.05) is 31.1 Å². The van der Waals surface area contributed by atoms with Crippen LogP contribution in [-0.4, -0.2) is 53.0 Å². The first-order valence-corrected chi connectivity index (χ1v) is 12.3. The van der Waals surface area contributed by atoms with Crippen molar-refractivity contribution >= 4 is 21.7 Å². The summed E-state index contributed by atoms with van der Waals surface area (Å²) >= 11 is 0. The standard InChI is InChI=1S/C24H30N2O7S/c1-16-6-12-19(13-7-16)34(31,32)25-14-20(17-8-10-18(11-9-17)26(29)30)21(24(5,28)15-25)22(27)33-23(2,3)4/h6-13,20-21,28H,14-15H2,1-5H3/t20-,21+,24-/m0/s1. The molecule has 3 rings (SSSR count). The molecular formula is C24H30N2O7S. The smallest absolute Gasteiger partial charge is 0.313 e. The van der Waals surface area contributed by atoms with E-state index in [-0.39, 0.29) is 23.7 Å². The number of aliphatic hydroxyl groups is 1. The molecule has 0 spiro atoms. The Hall–Kier alpha value is -2.82. The van der Waals surface area contributed by atoms with Gasteiger partial charge in [0.15, 0.2) is 0 Å². The molecule has 3 atom stereocenters. The minimum absolute atomic E-state index is 0.0760. The minimum Gasteiger partial charge on any atom is -0.460 e. The Bertz CT molecular complexity index is 1170. The molecule has 0 aliphatic carbocycles. The Morgan fingerprint density at radius 2 is 1.71 bits per heavy atom. The molecule has 34 heavy (non-hydrogen) atoms. The fraction of sp³-hybridized carbons (Fsp3) is 0.458. The number of sulfonamides is 1. The number of hydrogen-bond donors (Lipinski definition) is 1. The van der Waals surface area contributed by atoms with Gasteiger partial charge in [-0.1, -0.05) is 29.8 Å². The Kier molecular flexibility index (Phi) is 6.89. The molecule has 0 aromatic heterocycles. The predicted molar refractivity (Wildman–Crippen MR) is 126 cm³/mol. The third-order valence-electron chi connectivity index (χ3n) is 5.82. The molecule has 1 N–H and O–H groups in total. The molecule has 9 nitrogen and oxygen atoms in total.